The van der Waals surface area contributed by atoms with Crippen molar-refractivity contribution in [3.8, 4) is 0 Å². The summed E-state index contributed by atoms with van der Waals surface area (Å²) >= 11 is 0. The third kappa shape index (κ3) is 3.45. The van der Waals surface area contributed by atoms with Crippen molar-refractivity contribution in [2.75, 3.05) is 18.3 Å². The van der Waals surface area contributed by atoms with Gasteiger partial charge in [-0.1, -0.05) is 0 Å². The number of hydrogen-bond acceptors (Lipinski definition) is 5. The Kier molecular flexibility index (Phi) is 3.98. The van der Waals surface area contributed by atoms with Gasteiger partial charge in [0.15, 0.2) is 0 Å². The molecule has 0 saturated carbocycles. The van der Waals surface area contributed by atoms with E-state index in [1.165, 1.54) is 18.7 Å². The first-order valence-corrected chi connectivity index (χ1v) is 6.02. The number of rotatable bonds is 5. The molecule has 84 valence electrons. The Morgan fingerprint density at radius 1 is 1.40 bits per heavy atom. The molecular formula is C8H14N4O2S. The lowest BCUT2D eigenvalue weighted by Gasteiger charge is -2.13. The van der Waals surface area contributed by atoms with E-state index >= 15 is 0 Å². The molecular weight excluding hydrogens is 216 g/mol. The van der Waals surface area contributed by atoms with Crippen LogP contribution in [-0.2, 0) is 10.0 Å². The van der Waals surface area contributed by atoms with Crippen LogP contribution < -0.4 is 10.0 Å². The molecule has 0 saturated heterocycles. The zero-order valence-electron chi connectivity index (χ0n) is 8.64. The first-order chi connectivity index (χ1) is 7.06. The van der Waals surface area contributed by atoms with Crippen LogP contribution in [0.2, 0.25) is 0 Å². The van der Waals surface area contributed by atoms with E-state index in [1.54, 1.807) is 14.0 Å². The summed E-state index contributed by atoms with van der Waals surface area (Å²) in [5.41, 5.74) is 0.375. The second-order valence-electron chi connectivity index (χ2n) is 3.14. The van der Waals surface area contributed by atoms with Crippen molar-refractivity contribution in [2.24, 2.45) is 0 Å². The first kappa shape index (κ1) is 11.9. The Balaban J connectivity index is 2.73. The van der Waals surface area contributed by atoms with E-state index in [-0.39, 0.29) is 0 Å². The van der Waals surface area contributed by atoms with Crippen LogP contribution in [0.1, 0.15) is 6.92 Å². The molecule has 1 aromatic heterocycles. The molecule has 0 amide bonds. The Morgan fingerprint density at radius 2 is 2.00 bits per heavy atom. The van der Waals surface area contributed by atoms with Gasteiger partial charge in [0, 0.05) is 6.54 Å². The van der Waals surface area contributed by atoms with E-state index < -0.39 is 15.3 Å². The number of aromatic nitrogens is 2. The lowest BCUT2D eigenvalue weighted by Crippen LogP contribution is -2.33. The Labute approximate surface area is 89.2 Å². The summed E-state index contributed by atoms with van der Waals surface area (Å²) in [6.45, 7) is 2.02. The summed E-state index contributed by atoms with van der Waals surface area (Å²) in [6, 6.07) is 0. The fourth-order valence-corrected chi connectivity index (χ4v) is 2.04. The maximum Gasteiger partial charge on any atom is 0.236 e. The fourth-order valence-electron chi connectivity index (χ4n) is 1.01. The Bertz CT molecular complexity index is 392. The van der Waals surface area contributed by atoms with Gasteiger partial charge in [0.1, 0.15) is 6.33 Å². The van der Waals surface area contributed by atoms with Gasteiger partial charge in [-0.25, -0.2) is 18.4 Å². The minimum atomic E-state index is -3.37. The second kappa shape index (κ2) is 5.04. The first-order valence-electron chi connectivity index (χ1n) is 4.47. The van der Waals surface area contributed by atoms with Gasteiger partial charge in [-0.05, 0) is 14.0 Å². The molecule has 0 spiro atoms. The predicted molar refractivity (Wildman–Crippen MR) is 58.0 cm³/mol. The number of hydrogen-bond donors (Lipinski definition) is 2. The van der Waals surface area contributed by atoms with Crippen molar-refractivity contribution in [2.45, 2.75) is 12.2 Å². The fraction of sp³-hybridized carbons (Fsp3) is 0.500. The quantitative estimate of drug-likeness (QED) is 0.733. The molecule has 7 heteroatoms. The lowest BCUT2D eigenvalue weighted by molar-refractivity contribution is 0.583. The molecule has 1 heterocycles. The molecule has 1 atom stereocenters. The molecule has 1 aromatic rings. The summed E-state index contributed by atoms with van der Waals surface area (Å²) in [4.78, 5) is 7.44. The van der Waals surface area contributed by atoms with E-state index in [0.29, 0.717) is 12.2 Å². The third-order valence-electron chi connectivity index (χ3n) is 1.84. The minimum Gasteiger partial charge on any atom is -0.318 e. The van der Waals surface area contributed by atoms with Gasteiger partial charge in [0.05, 0.1) is 23.3 Å². The summed E-state index contributed by atoms with van der Waals surface area (Å²) in [5.74, 6) is 0. The third-order valence-corrected chi connectivity index (χ3v) is 3.59. The summed E-state index contributed by atoms with van der Waals surface area (Å²) in [6.07, 6.45) is 4.17. The van der Waals surface area contributed by atoms with Crippen LogP contribution in [0.3, 0.4) is 0 Å². The monoisotopic (exact) mass is 230 g/mol. The molecule has 0 bridgehead atoms. The average molecular weight is 230 g/mol. The molecule has 1 unspecified atom stereocenters. The number of nitrogens with one attached hydrogen (secondary N) is 2. The van der Waals surface area contributed by atoms with E-state index in [2.05, 4.69) is 20.0 Å². The minimum absolute atomic E-state index is 0.375. The number of nitrogens with zero attached hydrogens (tertiary/aromatic N) is 2. The molecule has 6 nitrogen and oxygen atoms in total. The molecule has 0 radical (unpaired) electrons. The highest BCUT2D eigenvalue weighted by Crippen LogP contribution is 2.08. The van der Waals surface area contributed by atoms with Crippen molar-refractivity contribution in [1.29, 1.82) is 0 Å². The number of anilines is 1. The molecule has 15 heavy (non-hydrogen) atoms. The van der Waals surface area contributed by atoms with Crippen LogP contribution in [0, 0.1) is 0 Å². The van der Waals surface area contributed by atoms with E-state index in [1.807, 2.05) is 0 Å². The van der Waals surface area contributed by atoms with Crippen molar-refractivity contribution in [1.82, 2.24) is 15.3 Å². The van der Waals surface area contributed by atoms with E-state index in [0.717, 1.165) is 0 Å². The average Bonchev–Trinajstić information content (AvgIpc) is 2.19. The van der Waals surface area contributed by atoms with Gasteiger partial charge in [0.2, 0.25) is 10.0 Å². The highest BCUT2D eigenvalue weighted by atomic mass is 32.2. The smallest absolute Gasteiger partial charge is 0.236 e. The molecule has 0 aliphatic carbocycles. The molecule has 0 aromatic carbocycles. The zero-order chi connectivity index (χ0) is 11.3. The Hall–Kier alpha value is -1.21. The van der Waals surface area contributed by atoms with Gasteiger partial charge in [-0.2, -0.15) is 0 Å². The topological polar surface area (TPSA) is 84.0 Å². The molecule has 0 aliphatic rings. The Morgan fingerprint density at radius 3 is 2.53 bits per heavy atom. The van der Waals surface area contributed by atoms with Gasteiger partial charge in [0.25, 0.3) is 0 Å². The summed E-state index contributed by atoms with van der Waals surface area (Å²) < 4.78 is 25.8. The highest BCUT2D eigenvalue weighted by Gasteiger charge is 2.19. The summed E-state index contributed by atoms with van der Waals surface area (Å²) in [5, 5.41) is 2.30. The lowest BCUT2D eigenvalue weighted by atomic mass is 10.5. The van der Waals surface area contributed by atoms with Gasteiger partial charge in [-0.15, -0.1) is 0 Å². The van der Waals surface area contributed by atoms with E-state index in [4.69, 9.17) is 0 Å². The molecule has 1 rings (SSSR count). The second-order valence-corrected chi connectivity index (χ2v) is 5.24. The van der Waals surface area contributed by atoms with Crippen LogP contribution in [0.25, 0.3) is 0 Å². The molecule has 2 N–H and O–H groups in total. The molecule has 0 fully saturated rings. The van der Waals surface area contributed by atoms with Gasteiger partial charge < -0.3 is 5.32 Å². The molecule has 0 aliphatic heterocycles. The van der Waals surface area contributed by atoms with Crippen LogP contribution in [-0.4, -0.2) is 37.2 Å². The van der Waals surface area contributed by atoms with E-state index in [9.17, 15) is 8.42 Å². The van der Waals surface area contributed by atoms with Crippen molar-refractivity contribution in [3.63, 3.8) is 0 Å². The van der Waals surface area contributed by atoms with Crippen molar-refractivity contribution < 1.29 is 8.42 Å². The summed E-state index contributed by atoms with van der Waals surface area (Å²) in [7, 11) is -1.66. The maximum atomic E-state index is 11.7. The largest absolute Gasteiger partial charge is 0.318 e. The van der Waals surface area contributed by atoms with Crippen LogP contribution in [0.5, 0.6) is 0 Å². The van der Waals surface area contributed by atoms with Gasteiger partial charge in [-0.3, -0.25) is 4.72 Å². The van der Waals surface area contributed by atoms with Crippen molar-refractivity contribution in [3.05, 3.63) is 18.7 Å². The predicted octanol–water partition coefficient (Wildman–Crippen LogP) is -0.174. The van der Waals surface area contributed by atoms with Gasteiger partial charge >= 0.3 is 0 Å². The standard InChI is InChI=1S/C8H14N4O2S/c1-7(3-9-2)15(13,14)12-8-4-10-6-11-5-8/h4-7,9,12H,3H2,1-2H3. The zero-order valence-corrected chi connectivity index (χ0v) is 9.45. The normalized spacial score (nSPS) is 13.5. The highest BCUT2D eigenvalue weighted by molar-refractivity contribution is 7.93. The van der Waals surface area contributed by atoms with Crippen molar-refractivity contribution >= 4 is 15.7 Å². The van der Waals surface area contributed by atoms with Crippen LogP contribution in [0.4, 0.5) is 5.69 Å². The number of sulfonamides is 1. The SMILES string of the molecule is CNCC(C)S(=O)(=O)Nc1cncnc1. The van der Waals surface area contributed by atoms with Crippen LogP contribution in [0.15, 0.2) is 18.7 Å². The van der Waals surface area contributed by atoms with Crippen LogP contribution >= 0.6 is 0 Å². The maximum absolute atomic E-state index is 11.7.